The molecule has 0 saturated heterocycles. The van der Waals surface area contributed by atoms with Crippen molar-refractivity contribution in [2.45, 2.75) is 26.7 Å². The first-order valence-electron chi connectivity index (χ1n) is 6.46. The SMILES string of the molecule is CCCc1ccc(-n2nc(C(=O)O)c(=O)cc2C)cc1. The average molecular weight is 272 g/mol. The summed E-state index contributed by atoms with van der Waals surface area (Å²) in [5.74, 6) is -1.31. The zero-order chi connectivity index (χ0) is 14.7. The molecule has 0 aliphatic carbocycles. The first kappa shape index (κ1) is 14.0. The van der Waals surface area contributed by atoms with Crippen molar-refractivity contribution in [1.29, 1.82) is 0 Å². The van der Waals surface area contributed by atoms with Crippen molar-refractivity contribution in [3.8, 4) is 5.69 Å². The van der Waals surface area contributed by atoms with E-state index in [0.717, 1.165) is 18.5 Å². The van der Waals surface area contributed by atoms with Gasteiger partial charge in [-0.3, -0.25) is 4.79 Å². The Morgan fingerprint density at radius 2 is 1.95 bits per heavy atom. The van der Waals surface area contributed by atoms with Gasteiger partial charge in [0.1, 0.15) is 0 Å². The van der Waals surface area contributed by atoms with Crippen LogP contribution >= 0.6 is 0 Å². The largest absolute Gasteiger partial charge is 0.476 e. The molecule has 0 amide bonds. The van der Waals surface area contributed by atoms with Crippen LogP contribution in [-0.2, 0) is 6.42 Å². The number of aromatic nitrogens is 2. The van der Waals surface area contributed by atoms with E-state index in [2.05, 4.69) is 12.0 Å². The number of benzene rings is 1. The molecule has 5 heteroatoms. The lowest BCUT2D eigenvalue weighted by atomic mass is 10.1. The Kier molecular flexibility index (Phi) is 3.98. The standard InChI is InChI=1S/C15H16N2O3/c1-3-4-11-5-7-12(8-6-11)17-10(2)9-13(18)14(16-17)15(19)20/h5-9H,3-4H2,1-2H3,(H,19,20). The van der Waals surface area contributed by atoms with Crippen LogP contribution in [-0.4, -0.2) is 20.9 Å². The van der Waals surface area contributed by atoms with Crippen molar-refractivity contribution in [3.63, 3.8) is 0 Å². The van der Waals surface area contributed by atoms with Crippen LogP contribution in [0, 0.1) is 6.92 Å². The molecule has 0 unspecified atom stereocenters. The summed E-state index contributed by atoms with van der Waals surface area (Å²) in [5, 5.41) is 12.9. The molecule has 0 aliphatic heterocycles. The first-order valence-corrected chi connectivity index (χ1v) is 6.46. The maximum atomic E-state index is 11.5. The summed E-state index contributed by atoms with van der Waals surface area (Å²) >= 11 is 0. The van der Waals surface area contributed by atoms with Crippen molar-refractivity contribution in [2.75, 3.05) is 0 Å². The molecule has 20 heavy (non-hydrogen) atoms. The Bertz CT molecular complexity index is 687. The second-order valence-electron chi connectivity index (χ2n) is 4.63. The van der Waals surface area contributed by atoms with Gasteiger partial charge in [0, 0.05) is 11.8 Å². The number of aromatic carboxylic acids is 1. The molecule has 0 bridgehead atoms. The van der Waals surface area contributed by atoms with Crippen molar-refractivity contribution in [3.05, 3.63) is 57.5 Å². The molecule has 1 aromatic heterocycles. The molecule has 0 saturated carbocycles. The van der Waals surface area contributed by atoms with Gasteiger partial charge in [-0.25, -0.2) is 9.48 Å². The van der Waals surface area contributed by atoms with Crippen LogP contribution in [0.25, 0.3) is 5.69 Å². The van der Waals surface area contributed by atoms with E-state index in [-0.39, 0.29) is 0 Å². The van der Waals surface area contributed by atoms with Gasteiger partial charge in [-0.15, -0.1) is 0 Å². The van der Waals surface area contributed by atoms with E-state index in [0.29, 0.717) is 5.69 Å². The second kappa shape index (κ2) is 5.69. The van der Waals surface area contributed by atoms with Crippen molar-refractivity contribution in [1.82, 2.24) is 9.78 Å². The van der Waals surface area contributed by atoms with Crippen molar-refractivity contribution >= 4 is 5.97 Å². The smallest absolute Gasteiger partial charge is 0.360 e. The summed E-state index contributed by atoms with van der Waals surface area (Å²) in [6.45, 7) is 3.83. The molecule has 104 valence electrons. The van der Waals surface area contributed by atoms with Gasteiger partial charge < -0.3 is 5.11 Å². The van der Waals surface area contributed by atoms with Gasteiger partial charge in [0.15, 0.2) is 0 Å². The number of carboxylic acids is 1. The normalized spacial score (nSPS) is 10.5. The lowest BCUT2D eigenvalue weighted by molar-refractivity contribution is 0.0686. The van der Waals surface area contributed by atoms with E-state index in [4.69, 9.17) is 5.11 Å². The van der Waals surface area contributed by atoms with Gasteiger partial charge in [0.25, 0.3) is 0 Å². The van der Waals surface area contributed by atoms with Gasteiger partial charge in [-0.2, -0.15) is 5.10 Å². The molecule has 1 heterocycles. The van der Waals surface area contributed by atoms with E-state index in [1.54, 1.807) is 6.92 Å². The highest BCUT2D eigenvalue weighted by Gasteiger charge is 2.13. The highest BCUT2D eigenvalue weighted by atomic mass is 16.4. The lowest BCUT2D eigenvalue weighted by Crippen LogP contribution is -2.22. The fourth-order valence-electron chi connectivity index (χ4n) is 2.05. The number of nitrogens with zero attached hydrogens (tertiary/aromatic N) is 2. The molecule has 0 atom stereocenters. The number of aryl methyl sites for hydroxylation is 2. The number of rotatable bonds is 4. The van der Waals surface area contributed by atoms with Gasteiger partial charge in [0.05, 0.1) is 5.69 Å². The minimum absolute atomic E-state index is 0.465. The Hall–Kier alpha value is -2.43. The summed E-state index contributed by atoms with van der Waals surface area (Å²) < 4.78 is 1.47. The molecule has 2 rings (SSSR count). The second-order valence-corrected chi connectivity index (χ2v) is 4.63. The molecular formula is C15H16N2O3. The van der Waals surface area contributed by atoms with Gasteiger partial charge in [-0.1, -0.05) is 25.5 Å². The van der Waals surface area contributed by atoms with Crippen molar-refractivity contribution < 1.29 is 9.90 Å². The number of carbonyl (C=O) groups is 1. The predicted molar refractivity (Wildman–Crippen MR) is 75.5 cm³/mol. The molecular weight excluding hydrogens is 256 g/mol. The molecule has 5 nitrogen and oxygen atoms in total. The average Bonchev–Trinajstić information content (AvgIpc) is 2.40. The molecule has 0 aliphatic rings. The zero-order valence-corrected chi connectivity index (χ0v) is 11.5. The van der Waals surface area contributed by atoms with Crippen LogP contribution in [0.1, 0.15) is 35.1 Å². The summed E-state index contributed by atoms with van der Waals surface area (Å²) in [7, 11) is 0. The summed E-state index contributed by atoms with van der Waals surface area (Å²) in [6.07, 6.45) is 2.06. The highest BCUT2D eigenvalue weighted by Crippen LogP contribution is 2.11. The van der Waals surface area contributed by atoms with Crippen molar-refractivity contribution in [2.24, 2.45) is 0 Å². The Labute approximate surface area is 116 Å². The van der Waals surface area contributed by atoms with Crippen LogP contribution in [0.4, 0.5) is 0 Å². The number of hydrogen-bond acceptors (Lipinski definition) is 3. The molecule has 1 N–H and O–H groups in total. The monoisotopic (exact) mass is 272 g/mol. The maximum absolute atomic E-state index is 11.5. The molecule has 0 radical (unpaired) electrons. The van der Waals surface area contributed by atoms with E-state index in [1.807, 2.05) is 24.3 Å². The third-order valence-electron chi connectivity index (χ3n) is 3.03. The minimum Gasteiger partial charge on any atom is -0.476 e. The van der Waals surface area contributed by atoms with E-state index >= 15 is 0 Å². The van der Waals surface area contributed by atoms with Gasteiger partial charge >= 0.3 is 5.97 Å². The Morgan fingerprint density at radius 1 is 1.30 bits per heavy atom. The summed E-state index contributed by atoms with van der Waals surface area (Å²) in [5.41, 5.74) is 1.52. The van der Waals surface area contributed by atoms with Crippen LogP contribution in [0.5, 0.6) is 0 Å². The third-order valence-corrected chi connectivity index (χ3v) is 3.03. The highest BCUT2D eigenvalue weighted by molar-refractivity contribution is 5.84. The van der Waals surface area contributed by atoms with Gasteiger partial charge in [-0.05, 0) is 31.0 Å². The fourth-order valence-corrected chi connectivity index (χ4v) is 2.05. The Morgan fingerprint density at radius 3 is 2.50 bits per heavy atom. The Balaban J connectivity index is 2.49. The maximum Gasteiger partial charge on any atom is 0.360 e. The zero-order valence-electron chi connectivity index (χ0n) is 11.5. The topological polar surface area (TPSA) is 72.2 Å². The van der Waals surface area contributed by atoms with Gasteiger partial charge in [0.2, 0.25) is 11.1 Å². The summed E-state index contributed by atoms with van der Waals surface area (Å²) in [6, 6.07) is 9.01. The fraction of sp³-hybridized carbons (Fsp3) is 0.267. The molecule has 0 fully saturated rings. The quantitative estimate of drug-likeness (QED) is 0.926. The minimum atomic E-state index is -1.31. The molecule has 2 aromatic rings. The van der Waals surface area contributed by atoms with E-state index in [9.17, 15) is 9.59 Å². The van der Waals surface area contributed by atoms with E-state index < -0.39 is 17.1 Å². The molecule has 1 aromatic carbocycles. The predicted octanol–water partition coefficient (Wildman–Crippen LogP) is 2.19. The third kappa shape index (κ3) is 2.77. The lowest BCUT2D eigenvalue weighted by Gasteiger charge is -2.10. The van der Waals surface area contributed by atoms with Crippen LogP contribution < -0.4 is 5.43 Å². The van der Waals surface area contributed by atoms with E-state index in [1.165, 1.54) is 16.3 Å². The first-order chi connectivity index (χ1) is 9.52. The molecule has 0 spiro atoms. The van der Waals surface area contributed by atoms with Crippen LogP contribution in [0.15, 0.2) is 35.1 Å². The number of carboxylic acid groups (broad SMARTS) is 1. The van der Waals surface area contributed by atoms with Crippen LogP contribution in [0.2, 0.25) is 0 Å². The van der Waals surface area contributed by atoms with Crippen LogP contribution in [0.3, 0.4) is 0 Å². The number of hydrogen-bond donors (Lipinski definition) is 1. The summed E-state index contributed by atoms with van der Waals surface area (Å²) in [4.78, 5) is 22.5.